The number of furan rings is 1. The largest absolute Gasteiger partial charge is 0.464 e. The van der Waals surface area contributed by atoms with Gasteiger partial charge in [0.05, 0.1) is 11.4 Å². The molecule has 0 aliphatic heterocycles. The zero-order valence-electron chi connectivity index (χ0n) is 19.2. The molecule has 4 rings (SSSR count). The Morgan fingerprint density at radius 2 is 1.79 bits per heavy atom. The molecule has 0 spiro atoms. The van der Waals surface area contributed by atoms with E-state index in [0.717, 1.165) is 25.7 Å². The lowest BCUT2D eigenvalue weighted by Gasteiger charge is -2.32. The molecule has 7 nitrogen and oxygen atoms in total. The highest BCUT2D eigenvalue weighted by Crippen LogP contribution is 2.30. The Hall–Kier alpha value is -3.39. The molecule has 2 aromatic heterocycles. The van der Waals surface area contributed by atoms with Gasteiger partial charge in [-0.15, -0.1) is 11.3 Å². The summed E-state index contributed by atoms with van der Waals surface area (Å²) in [5, 5.41) is 7.63. The minimum atomic E-state index is -0.996. The van der Waals surface area contributed by atoms with Gasteiger partial charge >= 0.3 is 0 Å². The maximum atomic E-state index is 13.6. The van der Waals surface area contributed by atoms with Crippen LogP contribution in [0.3, 0.4) is 0 Å². The van der Waals surface area contributed by atoms with Crippen LogP contribution in [0.2, 0.25) is 0 Å². The molecule has 1 atom stereocenters. The van der Waals surface area contributed by atoms with Crippen LogP contribution in [-0.4, -0.2) is 30.3 Å². The molecule has 2 N–H and O–H groups in total. The van der Waals surface area contributed by atoms with Crippen LogP contribution in [0.4, 0.5) is 5.69 Å². The van der Waals surface area contributed by atoms with Gasteiger partial charge in [-0.05, 0) is 55.5 Å². The van der Waals surface area contributed by atoms with E-state index >= 15 is 0 Å². The highest BCUT2D eigenvalue weighted by atomic mass is 32.1. The first-order chi connectivity index (χ1) is 16.5. The maximum absolute atomic E-state index is 13.6. The van der Waals surface area contributed by atoms with Crippen LogP contribution in [0.5, 0.6) is 0 Å². The number of para-hydroxylation sites is 1. The number of anilines is 1. The van der Waals surface area contributed by atoms with Crippen molar-refractivity contribution in [3.05, 3.63) is 76.4 Å². The minimum absolute atomic E-state index is 0.0751. The SMILES string of the molecule is Cc1ccc([C@@H](C(=O)NC2CCCCC2)N(C(=O)CNC(=O)c2cccs2)c2ccccc2)o1. The lowest BCUT2D eigenvalue weighted by Crippen LogP contribution is -2.49. The summed E-state index contributed by atoms with van der Waals surface area (Å²) >= 11 is 1.30. The molecule has 2 heterocycles. The number of nitrogens with zero attached hydrogens (tertiary/aromatic N) is 1. The predicted octanol–water partition coefficient (Wildman–Crippen LogP) is 4.60. The standard InChI is InChI=1S/C26H29N3O4S/c1-18-14-15-21(33-18)24(26(32)28-19-9-4-2-5-10-19)29(20-11-6-3-7-12-20)23(30)17-27-25(31)22-13-8-16-34-22/h3,6-8,11-16,19,24H,2,4-5,9-10,17H2,1H3,(H,27,31)(H,28,32)/t24-/m0/s1. The second-order valence-corrected chi connectivity index (χ2v) is 9.40. The zero-order chi connectivity index (χ0) is 23.9. The molecule has 3 amide bonds. The third-order valence-corrected chi connectivity index (χ3v) is 6.81. The number of hydrogen-bond donors (Lipinski definition) is 2. The lowest BCUT2D eigenvalue weighted by atomic mass is 9.95. The normalized spacial score (nSPS) is 14.9. The quantitative estimate of drug-likeness (QED) is 0.494. The summed E-state index contributed by atoms with van der Waals surface area (Å²) in [4.78, 5) is 41.5. The highest BCUT2D eigenvalue weighted by Gasteiger charge is 2.36. The van der Waals surface area contributed by atoms with E-state index in [1.54, 1.807) is 48.7 Å². The van der Waals surface area contributed by atoms with Crippen molar-refractivity contribution in [1.29, 1.82) is 0 Å². The fourth-order valence-corrected chi connectivity index (χ4v) is 4.90. The molecule has 0 radical (unpaired) electrons. The topological polar surface area (TPSA) is 91.7 Å². The maximum Gasteiger partial charge on any atom is 0.261 e. The Labute approximate surface area is 203 Å². The summed E-state index contributed by atoms with van der Waals surface area (Å²) in [6.45, 7) is 1.55. The van der Waals surface area contributed by atoms with Gasteiger partial charge in [0.25, 0.3) is 11.8 Å². The number of amides is 3. The van der Waals surface area contributed by atoms with Gasteiger partial charge in [0, 0.05) is 11.7 Å². The van der Waals surface area contributed by atoms with Gasteiger partial charge in [-0.1, -0.05) is 43.5 Å². The van der Waals surface area contributed by atoms with Crippen molar-refractivity contribution in [3.63, 3.8) is 0 Å². The van der Waals surface area contributed by atoms with Gasteiger partial charge in [-0.3, -0.25) is 19.3 Å². The highest BCUT2D eigenvalue weighted by molar-refractivity contribution is 7.12. The van der Waals surface area contributed by atoms with Crippen LogP contribution in [-0.2, 0) is 9.59 Å². The summed E-state index contributed by atoms with van der Waals surface area (Å²) in [5.41, 5.74) is 0.552. The van der Waals surface area contributed by atoms with E-state index in [9.17, 15) is 14.4 Å². The Bertz CT molecular complexity index is 1100. The summed E-state index contributed by atoms with van der Waals surface area (Å²) in [7, 11) is 0. The van der Waals surface area contributed by atoms with Crippen LogP contribution < -0.4 is 15.5 Å². The van der Waals surface area contributed by atoms with Gasteiger partial charge in [-0.25, -0.2) is 0 Å². The van der Waals surface area contributed by atoms with Crippen molar-refractivity contribution in [3.8, 4) is 0 Å². The average molecular weight is 480 g/mol. The molecule has 3 aromatic rings. The monoisotopic (exact) mass is 479 g/mol. The van der Waals surface area contributed by atoms with Gasteiger partial charge < -0.3 is 15.1 Å². The Morgan fingerprint density at radius 1 is 1.03 bits per heavy atom. The Morgan fingerprint density at radius 3 is 2.44 bits per heavy atom. The molecule has 1 saturated carbocycles. The number of benzene rings is 1. The van der Waals surface area contributed by atoms with Gasteiger partial charge in [0.1, 0.15) is 11.5 Å². The molecule has 1 aliphatic rings. The van der Waals surface area contributed by atoms with E-state index in [0.29, 0.717) is 22.1 Å². The number of carbonyl (C=O) groups excluding carboxylic acids is 3. The number of rotatable bonds is 8. The van der Waals surface area contributed by atoms with E-state index < -0.39 is 11.9 Å². The molecule has 8 heteroatoms. The minimum Gasteiger partial charge on any atom is -0.464 e. The van der Waals surface area contributed by atoms with Crippen molar-refractivity contribution < 1.29 is 18.8 Å². The van der Waals surface area contributed by atoms with Crippen molar-refractivity contribution in [2.75, 3.05) is 11.4 Å². The van der Waals surface area contributed by atoms with Crippen molar-refractivity contribution in [1.82, 2.24) is 10.6 Å². The summed E-state index contributed by atoms with van der Waals surface area (Å²) in [5.74, 6) is 0.00919. The van der Waals surface area contributed by atoms with Crippen molar-refractivity contribution >= 4 is 34.7 Å². The predicted molar refractivity (Wildman–Crippen MR) is 132 cm³/mol. The number of aryl methyl sites for hydroxylation is 1. The molecule has 1 aromatic carbocycles. The number of nitrogens with one attached hydrogen (secondary N) is 2. The van der Waals surface area contributed by atoms with Crippen LogP contribution >= 0.6 is 11.3 Å². The fourth-order valence-electron chi connectivity index (χ4n) is 4.26. The summed E-state index contributed by atoms with van der Waals surface area (Å²) in [6.07, 6.45) is 5.17. The van der Waals surface area contributed by atoms with E-state index in [4.69, 9.17) is 4.42 Å². The summed E-state index contributed by atoms with van der Waals surface area (Å²) in [6, 6.07) is 15.1. The van der Waals surface area contributed by atoms with Gasteiger partial charge in [0.2, 0.25) is 5.91 Å². The van der Waals surface area contributed by atoms with Crippen LogP contribution in [0.15, 0.2) is 64.4 Å². The first kappa shape index (κ1) is 23.8. The molecule has 1 fully saturated rings. The number of thiophene rings is 1. The van der Waals surface area contributed by atoms with Crippen molar-refractivity contribution in [2.24, 2.45) is 0 Å². The molecule has 0 bridgehead atoms. The molecular formula is C26H29N3O4S. The Kier molecular flexibility index (Phi) is 7.80. The zero-order valence-corrected chi connectivity index (χ0v) is 20.0. The smallest absolute Gasteiger partial charge is 0.261 e. The van der Waals surface area contributed by atoms with E-state index in [1.165, 1.54) is 22.7 Å². The third kappa shape index (κ3) is 5.75. The number of carbonyl (C=O) groups is 3. The average Bonchev–Trinajstić information content (AvgIpc) is 3.54. The van der Waals surface area contributed by atoms with Crippen molar-refractivity contribution in [2.45, 2.75) is 51.1 Å². The fraction of sp³-hybridized carbons (Fsp3) is 0.346. The second kappa shape index (κ2) is 11.2. The van der Waals surface area contributed by atoms with Crippen LogP contribution in [0.1, 0.15) is 59.3 Å². The third-order valence-electron chi connectivity index (χ3n) is 5.94. The van der Waals surface area contributed by atoms with Gasteiger partial charge in [0.15, 0.2) is 6.04 Å². The van der Waals surface area contributed by atoms with Crippen LogP contribution in [0, 0.1) is 6.92 Å². The van der Waals surface area contributed by atoms with E-state index in [-0.39, 0.29) is 24.4 Å². The summed E-state index contributed by atoms with van der Waals surface area (Å²) < 4.78 is 5.85. The molecule has 34 heavy (non-hydrogen) atoms. The molecule has 0 unspecified atom stereocenters. The molecule has 1 aliphatic carbocycles. The molecule has 0 saturated heterocycles. The first-order valence-corrected chi connectivity index (χ1v) is 12.5. The molecule has 178 valence electrons. The first-order valence-electron chi connectivity index (χ1n) is 11.6. The number of hydrogen-bond acceptors (Lipinski definition) is 5. The van der Waals surface area contributed by atoms with E-state index in [1.807, 2.05) is 18.2 Å². The van der Waals surface area contributed by atoms with E-state index in [2.05, 4.69) is 10.6 Å². The lowest BCUT2D eigenvalue weighted by molar-refractivity contribution is -0.127. The molecular weight excluding hydrogens is 450 g/mol. The Balaban J connectivity index is 1.62. The second-order valence-electron chi connectivity index (χ2n) is 8.45. The van der Waals surface area contributed by atoms with Crippen LogP contribution in [0.25, 0.3) is 0 Å². The van der Waals surface area contributed by atoms with Gasteiger partial charge in [-0.2, -0.15) is 0 Å².